The van der Waals surface area contributed by atoms with E-state index in [1.54, 1.807) is 0 Å². The molecule has 0 spiro atoms. The number of nitrogens with one attached hydrogen (secondary N) is 1. The monoisotopic (exact) mass is 271 g/mol. The molecule has 1 unspecified atom stereocenters. The van der Waals surface area contributed by atoms with Gasteiger partial charge in [-0.1, -0.05) is 13.8 Å². The molecule has 0 aromatic carbocycles. The van der Waals surface area contributed by atoms with Crippen molar-refractivity contribution in [2.45, 2.75) is 26.3 Å². The van der Waals surface area contributed by atoms with Crippen molar-refractivity contribution in [2.75, 3.05) is 44.4 Å². The van der Waals surface area contributed by atoms with Gasteiger partial charge in [0.1, 0.15) is 0 Å². The Bertz CT molecular complexity index is 279. The number of carbonyl (C=O) groups is 1. The van der Waals surface area contributed by atoms with Crippen LogP contribution in [0.4, 0.5) is 0 Å². The molecule has 0 aromatic heterocycles. The third-order valence-corrected chi connectivity index (χ3v) is 4.58. The van der Waals surface area contributed by atoms with Crippen LogP contribution in [0.2, 0.25) is 0 Å². The van der Waals surface area contributed by atoms with Gasteiger partial charge in [0.15, 0.2) is 0 Å². The quantitative estimate of drug-likeness (QED) is 0.804. The van der Waals surface area contributed by atoms with Crippen molar-refractivity contribution in [3.8, 4) is 0 Å². The summed E-state index contributed by atoms with van der Waals surface area (Å²) in [4.78, 5) is 16.6. The molecule has 0 radical (unpaired) electrons. The number of hydrogen-bond acceptors (Lipinski definition) is 4. The fourth-order valence-corrected chi connectivity index (χ4v) is 3.52. The molecule has 2 aliphatic heterocycles. The summed E-state index contributed by atoms with van der Waals surface area (Å²) < 4.78 is 0. The maximum absolute atomic E-state index is 12.2. The summed E-state index contributed by atoms with van der Waals surface area (Å²) in [7, 11) is 0. The minimum atomic E-state index is 0.0573. The second kappa shape index (κ2) is 6.78. The van der Waals surface area contributed by atoms with Crippen molar-refractivity contribution in [2.24, 2.45) is 5.92 Å². The lowest BCUT2D eigenvalue weighted by atomic mass is 10.0. The Kier molecular flexibility index (Phi) is 5.33. The minimum Gasteiger partial charge on any atom is -0.327 e. The van der Waals surface area contributed by atoms with Gasteiger partial charge in [0, 0.05) is 37.7 Å². The van der Waals surface area contributed by atoms with Crippen LogP contribution < -0.4 is 5.32 Å². The molecule has 0 aliphatic carbocycles. The first-order valence-electron chi connectivity index (χ1n) is 6.99. The summed E-state index contributed by atoms with van der Waals surface area (Å²) in [6.07, 6.45) is 0.954. The molecule has 2 saturated heterocycles. The Morgan fingerprint density at radius 1 is 1.33 bits per heavy atom. The minimum absolute atomic E-state index is 0.0573. The molecule has 1 atom stereocenters. The molecular weight excluding hydrogens is 246 g/mol. The lowest BCUT2D eigenvalue weighted by molar-refractivity contribution is -0.129. The third kappa shape index (κ3) is 3.87. The normalized spacial score (nSPS) is 26.3. The van der Waals surface area contributed by atoms with Crippen molar-refractivity contribution in [1.29, 1.82) is 0 Å². The van der Waals surface area contributed by atoms with E-state index in [4.69, 9.17) is 0 Å². The van der Waals surface area contributed by atoms with Gasteiger partial charge in [0.2, 0.25) is 5.91 Å². The molecule has 1 N–H and O–H groups in total. The van der Waals surface area contributed by atoms with Gasteiger partial charge >= 0.3 is 0 Å². The number of nitrogens with zero attached hydrogens (tertiary/aromatic N) is 2. The highest BCUT2D eigenvalue weighted by Gasteiger charge is 2.31. The van der Waals surface area contributed by atoms with Crippen LogP contribution in [0.15, 0.2) is 0 Å². The average Bonchev–Trinajstić information content (AvgIpc) is 2.69. The van der Waals surface area contributed by atoms with Crippen LogP contribution in [0.25, 0.3) is 0 Å². The third-order valence-electron chi connectivity index (χ3n) is 3.64. The van der Waals surface area contributed by atoms with Crippen molar-refractivity contribution >= 4 is 17.7 Å². The van der Waals surface area contributed by atoms with Gasteiger partial charge in [-0.05, 0) is 12.3 Å². The van der Waals surface area contributed by atoms with E-state index in [-0.39, 0.29) is 6.04 Å². The highest BCUT2D eigenvalue weighted by molar-refractivity contribution is 7.99. The molecule has 104 valence electrons. The molecule has 0 aromatic rings. The predicted molar refractivity (Wildman–Crippen MR) is 76.7 cm³/mol. The van der Waals surface area contributed by atoms with E-state index in [0.29, 0.717) is 11.8 Å². The van der Waals surface area contributed by atoms with Crippen LogP contribution in [-0.4, -0.2) is 66.1 Å². The van der Waals surface area contributed by atoms with E-state index in [0.717, 1.165) is 26.2 Å². The molecular formula is C13H25N3OS. The van der Waals surface area contributed by atoms with Crippen molar-refractivity contribution in [1.82, 2.24) is 15.1 Å². The fourth-order valence-electron chi connectivity index (χ4n) is 2.54. The van der Waals surface area contributed by atoms with Gasteiger partial charge < -0.3 is 4.90 Å². The summed E-state index contributed by atoms with van der Waals surface area (Å²) in [5.41, 5.74) is 0. The largest absolute Gasteiger partial charge is 0.327 e. The van der Waals surface area contributed by atoms with Gasteiger partial charge in [-0.15, -0.1) is 0 Å². The van der Waals surface area contributed by atoms with Crippen molar-refractivity contribution < 1.29 is 4.79 Å². The first-order chi connectivity index (χ1) is 8.66. The molecule has 5 heteroatoms. The molecule has 2 aliphatic rings. The molecule has 18 heavy (non-hydrogen) atoms. The number of carbonyl (C=O) groups excluding carboxylic acids is 1. The summed E-state index contributed by atoms with van der Waals surface area (Å²) in [6, 6.07) is 0.0573. The first kappa shape index (κ1) is 14.2. The Labute approximate surface area is 114 Å². The fraction of sp³-hybridized carbons (Fsp3) is 0.923. The lowest BCUT2D eigenvalue weighted by Gasteiger charge is -2.28. The second-order valence-corrected chi connectivity index (χ2v) is 6.82. The van der Waals surface area contributed by atoms with Gasteiger partial charge in [-0.3, -0.25) is 15.0 Å². The van der Waals surface area contributed by atoms with E-state index < -0.39 is 0 Å². The van der Waals surface area contributed by atoms with E-state index in [9.17, 15) is 4.79 Å². The summed E-state index contributed by atoms with van der Waals surface area (Å²) >= 11 is 2.03. The Morgan fingerprint density at radius 3 is 2.72 bits per heavy atom. The highest BCUT2D eigenvalue weighted by Crippen LogP contribution is 2.13. The van der Waals surface area contributed by atoms with Crippen LogP contribution >= 0.6 is 11.8 Å². The smallest absolute Gasteiger partial charge is 0.240 e. The highest BCUT2D eigenvalue weighted by atomic mass is 32.2. The Balaban J connectivity index is 1.72. The van der Waals surface area contributed by atoms with E-state index in [1.165, 1.54) is 24.6 Å². The van der Waals surface area contributed by atoms with Crippen LogP contribution in [-0.2, 0) is 4.79 Å². The van der Waals surface area contributed by atoms with Crippen LogP contribution in [0.5, 0.6) is 0 Å². The van der Waals surface area contributed by atoms with Crippen molar-refractivity contribution in [3.05, 3.63) is 0 Å². The first-order valence-corrected chi connectivity index (χ1v) is 8.14. The average molecular weight is 271 g/mol. The van der Waals surface area contributed by atoms with Crippen LogP contribution in [0, 0.1) is 5.92 Å². The maximum atomic E-state index is 12.2. The second-order valence-electron chi connectivity index (χ2n) is 5.60. The van der Waals surface area contributed by atoms with E-state index in [1.807, 2.05) is 16.7 Å². The number of thioether (sulfide) groups is 1. The molecule has 0 bridgehead atoms. The van der Waals surface area contributed by atoms with Gasteiger partial charge in [0.25, 0.3) is 0 Å². The number of rotatable bonds is 5. The zero-order chi connectivity index (χ0) is 13.0. The van der Waals surface area contributed by atoms with Gasteiger partial charge in [-0.25, -0.2) is 0 Å². The molecule has 1 amide bonds. The zero-order valence-electron chi connectivity index (χ0n) is 11.5. The molecule has 2 heterocycles. The number of amides is 1. The zero-order valence-corrected chi connectivity index (χ0v) is 12.3. The molecule has 2 fully saturated rings. The van der Waals surface area contributed by atoms with Crippen LogP contribution in [0.1, 0.15) is 20.3 Å². The standard InChI is InChI=1S/C13H25N3OS/c1-11(2)9-12-13(17)16(10-14-12)4-3-15-5-7-18-8-6-15/h11-12,14H,3-10H2,1-2H3. The Morgan fingerprint density at radius 2 is 2.06 bits per heavy atom. The lowest BCUT2D eigenvalue weighted by Crippen LogP contribution is -2.40. The Hall–Kier alpha value is -0.260. The predicted octanol–water partition coefficient (Wildman–Crippen LogP) is 0.839. The summed E-state index contributed by atoms with van der Waals surface area (Å²) in [6.45, 7) is 9.34. The van der Waals surface area contributed by atoms with Gasteiger partial charge in [0.05, 0.1) is 12.7 Å². The van der Waals surface area contributed by atoms with Crippen LogP contribution in [0.3, 0.4) is 0 Å². The number of hydrogen-bond donors (Lipinski definition) is 1. The summed E-state index contributed by atoms with van der Waals surface area (Å²) in [5.74, 6) is 3.35. The maximum Gasteiger partial charge on any atom is 0.240 e. The molecule has 2 rings (SSSR count). The van der Waals surface area contributed by atoms with Crippen molar-refractivity contribution in [3.63, 3.8) is 0 Å². The van der Waals surface area contributed by atoms with E-state index in [2.05, 4.69) is 24.1 Å². The van der Waals surface area contributed by atoms with E-state index >= 15 is 0 Å². The molecule has 0 saturated carbocycles. The topological polar surface area (TPSA) is 35.6 Å². The molecule has 4 nitrogen and oxygen atoms in total. The SMILES string of the molecule is CC(C)CC1NCN(CCN2CCSCC2)C1=O. The summed E-state index contributed by atoms with van der Waals surface area (Å²) in [5, 5.41) is 3.33. The van der Waals surface area contributed by atoms with Gasteiger partial charge in [-0.2, -0.15) is 11.8 Å².